The maximum absolute atomic E-state index is 13.2. The van der Waals surface area contributed by atoms with E-state index in [-0.39, 0.29) is 11.4 Å². The van der Waals surface area contributed by atoms with Gasteiger partial charge < -0.3 is 0 Å². The van der Waals surface area contributed by atoms with Crippen molar-refractivity contribution >= 4 is 5.65 Å². The molecule has 6 nitrogen and oxygen atoms in total. The van der Waals surface area contributed by atoms with Gasteiger partial charge in [-0.3, -0.25) is 15.0 Å². The van der Waals surface area contributed by atoms with Gasteiger partial charge in [0.1, 0.15) is 5.82 Å². The zero-order valence-corrected chi connectivity index (χ0v) is 14.5. The average Bonchev–Trinajstić information content (AvgIpc) is 3.18. The fourth-order valence-corrected chi connectivity index (χ4v) is 3.19. The van der Waals surface area contributed by atoms with Gasteiger partial charge in [0.15, 0.2) is 5.65 Å². The number of nitrogens with zero attached hydrogens (tertiary/aromatic N) is 3. The summed E-state index contributed by atoms with van der Waals surface area (Å²) in [4.78, 5) is 17.1. The fourth-order valence-electron chi connectivity index (χ4n) is 3.19. The second-order valence-electron chi connectivity index (χ2n) is 6.35. The van der Waals surface area contributed by atoms with Gasteiger partial charge in [-0.25, -0.2) is 13.9 Å². The molecule has 4 rings (SSSR count). The number of fused-ring (bicyclic) bond motifs is 1. The van der Waals surface area contributed by atoms with Crippen LogP contribution in [0, 0.1) is 19.7 Å². The smallest absolute Gasteiger partial charge is 0.272 e. The Labute approximate surface area is 148 Å². The van der Waals surface area contributed by atoms with Gasteiger partial charge in [-0.2, -0.15) is 5.10 Å². The molecule has 3 heterocycles. The van der Waals surface area contributed by atoms with Crippen molar-refractivity contribution in [3.05, 3.63) is 75.3 Å². The minimum Gasteiger partial charge on any atom is -0.296 e. The van der Waals surface area contributed by atoms with Crippen molar-refractivity contribution in [2.75, 3.05) is 0 Å². The van der Waals surface area contributed by atoms with Crippen LogP contribution in [0.3, 0.4) is 0 Å². The van der Waals surface area contributed by atoms with E-state index >= 15 is 0 Å². The molecule has 132 valence electrons. The van der Waals surface area contributed by atoms with Crippen LogP contribution in [-0.4, -0.2) is 24.8 Å². The number of aromatic nitrogens is 5. The van der Waals surface area contributed by atoms with Crippen molar-refractivity contribution in [1.82, 2.24) is 24.8 Å². The third-order valence-corrected chi connectivity index (χ3v) is 4.62. The summed E-state index contributed by atoms with van der Waals surface area (Å²) < 4.78 is 14.6. The van der Waals surface area contributed by atoms with Gasteiger partial charge in [-0.05, 0) is 49.9 Å². The summed E-state index contributed by atoms with van der Waals surface area (Å²) in [5.74, 6) is -0.301. The van der Waals surface area contributed by atoms with E-state index < -0.39 is 0 Å². The molecule has 0 fully saturated rings. The molecule has 1 aromatic carbocycles. The van der Waals surface area contributed by atoms with Crippen LogP contribution in [0.2, 0.25) is 0 Å². The van der Waals surface area contributed by atoms with Crippen LogP contribution in [0.4, 0.5) is 4.39 Å². The van der Waals surface area contributed by atoms with Crippen molar-refractivity contribution in [3.63, 3.8) is 0 Å². The molecule has 0 atom stereocenters. The Morgan fingerprint density at radius 1 is 1.15 bits per heavy atom. The molecular formula is C19H18FN5O. The minimum atomic E-state index is -0.301. The zero-order valence-electron chi connectivity index (χ0n) is 14.5. The number of aromatic amines is 2. The summed E-state index contributed by atoms with van der Waals surface area (Å²) in [7, 11) is 0. The molecule has 0 unspecified atom stereocenters. The molecule has 26 heavy (non-hydrogen) atoms. The number of H-pyrrole nitrogens is 2. The molecule has 0 aliphatic heterocycles. The number of rotatable bonds is 4. The lowest BCUT2D eigenvalue weighted by atomic mass is 10.1. The highest BCUT2D eigenvalue weighted by Gasteiger charge is 2.12. The van der Waals surface area contributed by atoms with Gasteiger partial charge >= 0.3 is 0 Å². The monoisotopic (exact) mass is 351 g/mol. The van der Waals surface area contributed by atoms with Crippen molar-refractivity contribution in [2.45, 2.75) is 26.7 Å². The molecular weight excluding hydrogens is 333 g/mol. The van der Waals surface area contributed by atoms with Crippen molar-refractivity contribution in [2.24, 2.45) is 0 Å². The summed E-state index contributed by atoms with van der Waals surface area (Å²) >= 11 is 0. The Balaban J connectivity index is 1.72. The van der Waals surface area contributed by atoms with Crippen molar-refractivity contribution in [3.8, 4) is 11.1 Å². The van der Waals surface area contributed by atoms with Gasteiger partial charge in [0, 0.05) is 29.2 Å². The van der Waals surface area contributed by atoms with E-state index in [0.717, 1.165) is 40.2 Å². The van der Waals surface area contributed by atoms with Crippen LogP contribution in [-0.2, 0) is 12.8 Å². The number of halogens is 1. The Bertz CT molecular complexity index is 1120. The van der Waals surface area contributed by atoms with E-state index in [1.165, 1.54) is 16.6 Å². The summed E-state index contributed by atoms with van der Waals surface area (Å²) in [5.41, 5.74) is 5.81. The average molecular weight is 351 g/mol. The van der Waals surface area contributed by atoms with Crippen LogP contribution >= 0.6 is 0 Å². The predicted octanol–water partition coefficient (Wildman–Crippen LogP) is 2.95. The molecule has 4 aromatic rings. The highest BCUT2D eigenvalue weighted by Crippen LogP contribution is 2.23. The third kappa shape index (κ3) is 2.81. The van der Waals surface area contributed by atoms with Crippen LogP contribution in [0.5, 0.6) is 0 Å². The second-order valence-corrected chi connectivity index (χ2v) is 6.35. The molecule has 0 saturated heterocycles. The molecule has 0 aliphatic carbocycles. The first kappa shape index (κ1) is 16.3. The minimum absolute atomic E-state index is 0.168. The Morgan fingerprint density at radius 3 is 2.62 bits per heavy atom. The maximum atomic E-state index is 13.2. The molecule has 0 saturated carbocycles. The van der Waals surface area contributed by atoms with Gasteiger partial charge in [-0.1, -0.05) is 12.1 Å². The second kappa shape index (κ2) is 6.25. The van der Waals surface area contributed by atoms with E-state index in [1.807, 2.05) is 13.8 Å². The van der Waals surface area contributed by atoms with Gasteiger partial charge in [0.05, 0.1) is 5.69 Å². The number of benzene rings is 1. The van der Waals surface area contributed by atoms with E-state index in [9.17, 15) is 9.18 Å². The van der Waals surface area contributed by atoms with Gasteiger partial charge in [0.25, 0.3) is 5.56 Å². The standard InChI is InChI=1S/C19H18FN5O/c1-11-16(12(2)24-23-11)8-7-15-9-18(26)25-19(22-15)17(10-21-25)13-3-5-14(20)6-4-13/h3-6,9-10,21H,7-8H2,1-2H3,(H,23,24). The van der Waals surface area contributed by atoms with Gasteiger partial charge in [-0.15, -0.1) is 0 Å². The Morgan fingerprint density at radius 2 is 1.92 bits per heavy atom. The highest BCUT2D eigenvalue weighted by molar-refractivity contribution is 5.76. The van der Waals surface area contributed by atoms with Crippen LogP contribution < -0.4 is 5.56 Å². The molecule has 0 bridgehead atoms. The first-order chi connectivity index (χ1) is 12.5. The summed E-state index contributed by atoms with van der Waals surface area (Å²) in [6.07, 6.45) is 3.11. The van der Waals surface area contributed by atoms with E-state index in [4.69, 9.17) is 0 Å². The lowest BCUT2D eigenvalue weighted by molar-refractivity contribution is 0.628. The number of aryl methyl sites for hydroxylation is 3. The largest absolute Gasteiger partial charge is 0.296 e. The van der Waals surface area contributed by atoms with E-state index in [2.05, 4.69) is 20.3 Å². The zero-order chi connectivity index (χ0) is 18.3. The fraction of sp³-hybridized carbons (Fsp3) is 0.211. The normalized spacial score (nSPS) is 11.3. The predicted molar refractivity (Wildman–Crippen MR) is 96.7 cm³/mol. The first-order valence-electron chi connectivity index (χ1n) is 8.39. The molecule has 2 N–H and O–H groups in total. The van der Waals surface area contributed by atoms with Crippen LogP contribution in [0.25, 0.3) is 16.8 Å². The number of hydrogen-bond acceptors (Lipinski definition) is 3. The van der Waals surface area contributed by atoms with E-state index in [1.54, 1.807) is 24.4 Å². The van der Waals surface area contributed by atoms with Gasteiger partial charge in [0.2, 0.25) is 0 Å². The molecule has 0 spiro atoms. The van der Waals surface area contributed by atoms with Crippen LogP contribution in [0.15, 0.2) is 41.3 Å². The molecule has 0 aliphatic rings. The molecule has 3 aromatic heterocycles. The quantitative estimate of drug-likeness (QED) is 0.593. The first-order valence-corrected chi connectivity index (χ1v) is 8.39. The molecule has 0 radical (unpaired) electrons. The maximum Gasteiger partial charge on any atom is 0.272 e. The number of nitrogens with one attached hydrogen (secondary N) is 2. The lowest BCUT2D eigenvalue weighted by Crippen LogP contribution is -2.16. The Hall–Kier alpha value is -3.22. The summed E-state index contributed by atoms with van der Waals surface area (Å²) in [6.45, 7) is 3.95. The third-order valence-electron chi connectivity index (χ3n) is 4.62. The Kier molecular flexibility index (Phi) is 3.91. The number of hydrogen-bond donors (Lipinski definition) is 2. The van der Waals surface area contributed by atoms with Crippen LogP contribution in [0.1, 0.15) is 22.6 Å². The SMILES string of the molecule is Cc1n[nH]c(C)c1CCc1cc(=O)n2[nH]cc(-c3ccc(F)cc3)c2n1. The van der Waals surface area contributed by atoms with E-state index in [0.29, 0.717) is 12.1 Å². The summed E-state index contributed by atoms with van der Waals surface area (Å²) in [5, 5.41) is 10.1. The van der Waals surface area contributed by atoms with Crippen molar-refractivity contribution in [1.29, 1.82) is 0 Å². The lowest BCUT2D eigenvalue weighted by Gasteiger charge is -2.04. The molecule has 7 heteroatoms. The van der Waals surface area contributed by atoms with Crippen molar-refractivity contribution < 1.29 is 4.39 Å². The highest BCUT2D eigenvalue weighted by atomic mass is 19.1. The topological polar surface area (TPSA) is 78.8 Å². The molecule has 0 amide bonds. The summed E-state index contributed by atoms with van der Waals surface area (Å²) in [6, 6.07) is 7.68.